The number of nitrogens with two attached hydrogens (primary N) is 1. The summed E-state index contributed by atoms with van der Waals surface area (Å²) in [5.74, 6) is -1.94. The van der Waals surface area contributed by atoms with Gasteiger partial charge in [0, 0.05) is 24.1 Å². The van der Waals surface area contributed by atoms with Crippen molar-refractivity contribution in [3.05, 3.63) is 42.4 Å². The van der Waals surface area contributed by atoms with Crippen LogP contribution in [0.5, 0.6) is 0 Å². The van der Waals surface area contributed by atoms with Crippen LogP contribution in [0.1, 0.15) is 0 Å². The molecule has 3 rings (SSSR count). The van der Waals surface area contributed by atoms with Gasteiger partial charge >= 0.3 is 0 Å². The number of hydrogen-bond acceptors (Lipinski definition) is 6. The van der Waals surface area contributed by atoms with Crippen LogP contribution in [0.25, 0.3) is 23.0 Å². The first kappa shape index (κ1) is 12.2. The summed E-state index contributed by atoms with van der Waals surface area (Å²) in [5.41, 5.74) is 6.12. The molecule has 0 fully saturated rings. The highest BCUT2D eigenvalue weighted by Crippen LogP contribution is 2.28. The van der Waals surface area contributed by atoms with Gasteiger partial charge in [0.05, 0.1) is 11.8 Å². The van der Waals surface area contributed by atoms with E-state index in [1.165, 1.54) is 18.6 Å². The smallest absolute Gasteiger partial charge is 0.260 e. The van der Waals surface area contributed by atoms with E-state index in [1.807, 2.05) is 0 Å². The predicted octanol–water partition coefficient (Wildman–Crippen LogP) is 2.05. The molecule has 3 aromatic rings. The number of nitrogens with zero attached hydrogens (tertiary/aromatic N) is 4. The van der Waals surface area contributed by atoms with Crippen molar-refractivity contribution in [2.45, 2.75) is 0 Å². The Morgan fingerprint density at radius 1 is 1.10 bits per heavy atom. The number of benzene rings is 1. The highest BCUT2D eigenvalue weighted by atomic mass is 19.2. The first-order chi connectivity index (χ1) is 9.65. The fourth-order valence-electron chi connectivity index (χ4n) is 1.60. The molecule has 0 amide bonds. The van der Waals surface area contributed by atoms with Gasteiger partial charge in [0.2, 0.25) is 5.82 Å². The Kier molecular flexibility index (Phi) is 2.82. The van der Waals surface area contributed by atoms with Crippen LogP contribution in [0.15, 0.2) is 35.2 Å². The Hall–Kier alpha value is -2.90. The molecule has 0 saturated carbocycles. The van der Waals surface area contributed by atoms with E-state index < -0.39 is 11.6 Å². The summed E-state index contributed by atoms with van der Waals surface area (Å²) in [6.45, 7) is 0. The molecule has 0 aliphatic carbocycles. The molecule has 0 aliphatic rings. The number of anilines is 1. The number of nitrogen functional groups attached to an aromatic ring is 1. The van der Waals surface area contributed by atoms with Crippen molar-refractivity contribution in [1.82, 2.24) is 20.1 Å². The zero-order valence-corrected chi connectivity index (χ0v) is 9.92. The van der Waals surface area contributed by atoms with Gasteiger partial charge < -0.3 is 10.3 Å². The normalized spacial score (nSPS) is 10.7. The zero-order chi connectivity index (χ0) is 14.1. The largest absolute Gasteiger partial charge is 0.398 e. The summed E-state index contributed by atoms with van der Waals surface area (Å²) < 4.78 is 31.2. The molecular weight excluding hydrogens is 268 g/mol. The van der Waals surface area contributed by atoms with E-state index in [9.17, 15) is 8.78 Å². The Morgan fingerprint density at radius 3 is 2.65 bits per heavy atom. The van der Waals surface area contributed by atoms with Gasteiger partial charge in [0.1, 0.15) is 5.69 Å². The van der Waals surface area contributed by atoms with E-state index in [2.05, 4.69) is 20.1 Å². The van der Waals surface area contributed by atoms with Crippen LogP contribution in [-0.2, 0) is 0 Å². The molecule has 6 nitrogen and oxygen atoms in total. The average molecular weight is 275 g/mol. The molecule has 0 radical (unpaired) electrons. The molecule has 1 aromatic carbocycles. The van der Waals surface area contributed by atoms with E-state index in [0.717, 1.165) is 12.1 Å². The van der Waals surface area contributed by atoms with E-state index in [0.29, 0.717) is 5.69 Å². The van der Waals surface area contributed by atoms with Crippen molar-refractivity contribution in [2.24, 2.45) is 0 Å². The fraction of sp³-hybridized carbons (Fsp3) is 0. The molecule has 0 bridgehead atoms. The summed E-state index contributed by atoms with van der Waals surface area (Å²) in [4.78, 5) is 11.9. The van der Waals surface area contributed by atoms with Crippen molar-refractivity contribution >= 4 is 5.69 Å². The van der Waals surface area contributed by atoms with Crippen molar-refractivity contribution in [3.63, 3.8) is 0 Å². The van der Waals surface area contributed by atoms with Gasteiger partial charge in [-0.15, -0.1) is 0 Å². The zero-order valence-electron chi connectivity index (χ0n) is 9.92. The van der Waals surface area contributed by atoms with Crippen LogP contribution in [0.3, 0.4) is 0 Å². The molecule has 0 saturated heterocycles. The summed E-state index contributed by atoms with van der Waals surface area (Å²) in [7, 11) is 0. The number of halogens is 2. The van der Waals surface area contributed by atoms with Crippen LogP contribution >= 0.6 is 0 Å². The lowest BCUT2D eigenvalue weighted by atomic mass is 10.1. The minimum atomic E-state index is -1.05. The van der Waals surface area contributed by atoms with Gasteiger partial charge in [-0.05, 0) is 6.07 Å². The van der Waals surface area contributed by atoms with Gasteiger partial charge in [-0.2, -0.15) is 4.98 Å². The van der Waals surface area contributed by atoms with E-state index in [1.54, 1.807) is 0 Å². The number of aromatic nitrogens is 4. The topological polar surface area (TPSA) is 90.7 Å². The molecule has 8 heteroatoms. The Morgan fingerprint density at radius 2 is 1.90 bits per heavy atom. The van der Waals surface area contributed by atoms with Crippen molar-refractivity contribution in [2.75, 3.05) is 5.73 Å². The molecule has 20 heavy (non-hydrogen) atoms. The predicted molar refractivity (Wildman–Crippen MR) is 65.1 cm³/mol. The van der Waals surface area contributed by atoms with Gasteiger partial charge in [-0.1, -0.05) is 5.16 Å². The van der Waals surface area contributed by atoms with Crippen LogP contribution in [0.4, 0.5) is 14.5 Å². The first-order valence-electron chi connectivity index (χ1n) is 5.50. The van der Waals surface area contributed by atoms with E-state index in [4.69, 9.17) is 10.3 Å². The maximum Gasteiger partial charge on any atom is 0.260 e. The first-order valence-corrected chi connectivity index (χ1v) is 5.50. The van der Waals surface area contributed by atoms with Gasteiger partial charge in [0.15, 0.2) is 11.6 Å². The standard InChI is InChI=1S/C12H7F2N5O/c13-7-3-6(9(15)4-8(7)14)12-18-11(19-20-12)10-5-16-1-2-17-10/h1-5H,15H2. The highest BCUT2D eigenvalue weighted by molar-refractivity contribution is 5.71. The van der Waals surface area contributed by atoms with Crippen LogP contribution in [-0.4, -0.2) is 20.1 Å². The maximum absolute atomic E-state index is 13.2. The van der Waals surface area contributed by atoms with Crippen LogP contribution in [0, 0.1) is 11.6 Å². The molecule has 2 aromatic heterocycles. The van der Waals surface area contributed by atoms with E-state index in [-0.39, 0.29) is 23.0 Å². The number of hydrogen-bond donors (Lipinski definition) is 1. The lowest BCUT2D eigenvalue weighted by Crippen LogP contribution is -1.95. The molecule has 100 valence electrons. The molecule has 2 heterocycles. The lowest BCUT2D eigenvalue weighted by molar-refractivity contribution is 0.431. The summed E-state index contributed by atoms with van der Waals surface area (Å²) in [6.07, 6.45) is 4.42. The average Bonchev–Trinajstić information content (AvgIpc) is 2.93. The third-order valence-electron chi connectivity index (χ3n) is 2.54. The third-order valence-corrected chi connectivity index (χ3v) is 2.54. The van der Waals surface area contributed by atoms with E-state index >= 15 is 0 Å². The van der Waals surface area contributed by atoms with Crippen LogP contribution < -0.4 is 5.73 Å². The second-order valence-electron chi connectivity index (χ2n) is 3.87. The fourth-order valence-corrected chi connectivity index (χ4v) is 1.60. The van der Waals surface area contributed by atoms with Gasteiger partial charge in [0.25, 0.3) is 5.89 Å². The molecular formula is C12H7F2N5O. The second-order valence-corrected chi connectivity index (χ2v) is 3.87. The highest BCUT2D eigenvalue weighted by Gasteiger charge is 2.16. The Balaban J connectivity index is 2.05. The second kappa shape index (κ2) is 4.65. The third kappa shape index (κ3) is 2.07. The summed E-state index contributed by atoms with van der Waals surface area (Å²) in [5, 5.41) is 3.70. The van der Waals surface area contributed by atoms with Crippen molar-refractivity contribution < 1.29 is 13.3 Å². The number of rotatable bonds is 2. The molecule has 0 atom stereocenters. The molecule has 0 aliphatic heterocycles. The van der Waals surface area contributed by atoms with Crippen LogP contribution in [0.2, 0.25) is 0 Å². The molecule has 0 unspecified atom stereocenters. The quantitative estimate of drug-likeness (QED) is 0.720. The minimum absolute atomic E-state index is 0.00162. The van der Waals surface area contributed by atoms with Crippen molar-refractivity contribution in [3.8, 4) is 23.0 Å². The Labute approximate surface area is 111 Å². The summed E-state index contributed by atoms with van der Waals surface area (Å²) >= 11 is 0. The van der Waals surface area contributed by atoms with Gasteiger partial charge in [-0.3, -0.25) is 4.98 Å². The monoisotopic (exact) mass is 275 g/mol. The SMILES string of the molecule is Nc1cc(F)c(F)cc1-c1nc(-c2cnccn2)no1. The lowest BCUT2D eigenvalue weighted by Gasteiger charge is -2.01. The van der Waals surface area contributed by atoms with Crippen molar-refractivity contribution in [1.29, 1.82) is 0 Å². The summed E-state index contributed by atoms with van der Waals surface area (Å²) in [6, 6.07) is 1.76. The maximum atomic E-state index is 13.2. The minimum Gasteiger partial charge on any atom is -0.398 e. The molecule has 2 N–H and O–H groups in total. The Bertz CT molecular complexity index is 760. The molecule has 0 spiro atoms. The van der Waals surface area contributed by atoms with Gasteiger partial charge in [-0.25, -0.2) is 13.8 Å².